The van der Waals surface area contributed by atoms with Gasteiger partial charge in [-0.25, -0.2) is 0 Å². The quantitative estimate of drug-likeness (QED) is 0.748. The summed E-state index contributed by atoms with van der Waals surface area (Å²) in [6.07, 6.45) is -0.140. The Morgan fingerprint density at radius 1 is 1.12 bits per heavy atom. The van der Waals surface area contributed by atoms with Crippen molar-refractivity contribution >= 4 is 16.9 Å². The van der Waals surface area contributed by atoms with Gasteiger partial charge in [0.15, 0.2) is 5.76 Å². The fraction of sp³-hybridized carbons (Fsp3) is 0.250. The molecule has 0 radical (unpaired) electrons. The second kappa shape index (κ2) is 6.89. The van der Waals surface area contributed by atoms with E-state index >= 15 is 0 Å². The molecule has 0 saturated carbocycles. The molecule has 2 N–H and O–H groups in total. The number of furan rings is 1. The highest BCUT2D eigenvalue weighted by Crippen LogP contribution is 2.27. The van der Waals surface area contributed by atoms with E-state index < -0.39 is 6.10 Å². The van der Waals surface area contributed by atoms with E-state index in [1.807, 2.05) is 62.4 Å². The maximum Gasteiger partial charge on any atom is 0.287 e. The highest BCUT2D eigenvalue weighted by atomic mass is 16.3. The Kier molecular flexibility index (Phi) is 4.67. The smallest absolute Gasteiger partial charge is 0.287 e. The molecular formula is C20H21NO3. The van der Waals surface area contributed by atoms with Crippen LogP contribution in [0.4, 0.5) is 0 Å². The molecule has 0 saturated heterocycles. The third kappa shape index (κ3) is 3.19. The summed E-state index contributed by atoms with van der Waals surface area (Å²) in [6, 6.07) is 15.3. The number of carbonyl (C=O) groups excluding carboxylic acids is 1. The van der Waals surface area contributed by atoms with Crippen molar-refractivity contribution in [2.75, 3.05) is 6.54 Å². The molecule has 1 atom stereocenters. The van der Waals surface area contributed by atoms with Gasteiger partial charge in [-0.15, -0.1) is 0 Å². The lowest BCUT2D eigenvalue weighted by molar-refractivity contribution is 0.0916. The number of benzene rings is 2. The van der Waals surface area contributed by atoms with Crippen molar-refractivity contribution in [3.63, 3.8) is 0 Å². The molecule has 1 aromatic heterocycles. The zero-order valence-electron chi connectivity index (χ0n) is 13.9. The number of fused-ring (bicyclic) bond motifs is 1. The molecule has 1 heterocycles. The maximum atomic E-state index is 12.4. The Hall–Kier alpha value is -2.59. The van der Waals surface area contributed by atoms with Gasteiger partial charge >= 0.3 is 0 Å². The van der Waals surface area contributed by atoms with Crippen LogP contribution in [-0.2, 0) is 0 Å². The van der Waals surface area contributed by atoms with E-state index in [2.05, 4.69) is 5.32 Å². The van der Waals surface area contributed by atoms with Crippen molar-refractivity contribution in [3.8, 4) is 0 Å². The number of aliphatic hydroxyl groups excluding tert-OH is 1. The number of hydrogen-bond acceptors (Lipinski definition) is 3. The summed E-state index contributed by atoms with van der Waals surface area (Å²) >= 11 is 0. The van der Waals surface area contributed by atoms with Gasteiger partial charge in [-0.3, -0.25) is 4.79 Å². The molecular weight excluding hydrogens is 302 g/mol. The van der Waals surface area contributed by atoms with Crippen LogP contribution in [0, 0.1) is 13.8 Å². The first-order valence-corrected chi connectivity index (χ1v) is 8.08. The molecule has 0 spiro atoms. The Morgan fingerprint density at radius 3 is 2.58 bits per heavy atom. The van der Waals surface area contributed by atoms with Gasteiger partial charge in [0.1, 0.15) is 5.58 Å². The molecule has 2 aromatic carbocycles. The fourth-order valence-electron chi connectivity index (χ4n) is 2.85. The van der Waals surface area contributed by atoms with Crippen LogP contribution in [-0.4, -0.2) is 17.6 Å². The van der Waals surface area contributed by atoms with Crippen molar-refractivity contribution in [2.45, 2.75) is 26.4 Å². The molecule has 1 unspecified atom stereocenters. The van der Waals surface area contributed by atoms with Gasteiger partial charge in [0.2, 0.25) is 0 Å². The Morgan fingerprint density at radius 2 is 1.88 bits per heavy atom. The summed E-state index contributed by atoms with van der Waals surface area (Å²) < 4.78 is 5.76. The molecule has 4 heteroatoms. The Labute approximate surface area is 141 Å². The lowest BCUT2D eigenvalue weighted by Gasteiger charge is -2.11. The number of carbonyl (C=O) groups is 1. The summed E-state index contributed by atoms with van der Waals surface area (Å²) in [5.41, 5.74) is 3.45. The van der Waals surface area contributed by atoms with Crippen molar-refractivity contribution in [1.82, 2.24) is 5.32 Å². The molecule has 0 aliphatic heterocycles. The number of amides is 1. The number of rotatable bonds is 5. The molecule has 3 rings (SSSR count). The summed E-state index contributed by atoms with van der Waals surface area (Å²) in [4.78, 5) is 12.4. The molecule has 0 aliphatic carbocycles. The van der Waals surface area contributed by atoms with Gasteiger partial charge in [0.25, 0.3) is 5.91 Å². The molecule has 124 valence electrons. The highest BCUT2D eigenvalue weighted by Gasteiger charge is 2.18. The minimum absolute atomic E-state index is 0.247. The summed E-state index contributed by atoms with van der Waals surface area (Å²) in [5.74, 6) is 0.0943. The van der Waals surface area contributed by atoms with Crippen LogP contribution < -0.4 is 5.32 Å². The molecule has 0 aliphatic rings. The SMILES string of the molecule is Cc1c(C(=O)NCCC(O)c2ccccc2)oc2c(C)cccc12. The Balaban J connectivity index is 1.65. The van der Waals surface area contributed by atoms with Gasteiger partial charge in [-0.05, 0) is 31.4 Å². The van der Waals surface area contributed by atoms with Crippen LogP contribution in [0.2, 0.25) is 0 Å². The van der Waals surface area contributed by atoms with Crippen LogP contribution in [0.1, 0.15) is 39.8 Å². The van der Waals surface area contributed by atoms with Crippen LogP contribution >= 0.6 is 0 Å². The molecule has 4 nitrogen and oxygen atoms in total. The molecule has 0 fully saturated rings. The topological polar surface area (TPSA) is 62.5 Å². The molecule has 1 amide bonds. The second-order valence-electron chi connectivity index (χ2n) is 5.98. The standard InChI is InChI=1S/C20H21NO3/c1-13-7-6-10-16-14(2)19(24-18(13)16)20(23)21-12-11-17(22)15-8-4-3-5-9-15/h3-10,17,22H,11-12H2,1-2H3,(H,21,23). The number of nitrogens with one attached hydrogen (secondary N) is 1. The van der Waals surface area contributed by atoms with Crippen molar-refractivity contribution in [2.24, 2.45) is 0 Å². The van der Waals surface area contributed by atoms with Crippen LogP contribution in [0.25, 0.3) is 11.0 Å². The maximum absolute atomic E-state index is 12.4. The van der Waals surface area contributed by atoms with E-state index in [9.17, 15) is 9.90 Å². The summed E-state index contributed by atoms with van der Waals surface area (Å²) in [5, 5.41) is 13.9. The van der Waals surface area contributed by atoms with Crippen molar-refractivity contribution < 1.29 is 14.3 Å². The van der Waals surface area contributed by atoms with Gasteiger partial charge in [-0.2, -0.15) is 0 Å². The third-order valence-corrected chi connectivity index (χ3v) is 4.25. The second-order valence-corrected chi connectivity index (χ2v) is 5.98. The Bertz CT molecular complexity index is 852. The third-order valence-electron chi connectivity index (χ3n) is 4.25. The summed E-state index contributed by atoms with van der Waals surface area (Å²) in [6.45, 7) is 4.23. The average Bonchev–Trinajstić information content (AvgIpc) is 2.94. The minimum Gasteiger partial charge on any atom is -0.450 e. The largest absolute Gasteiger partial charge is 0.450 e. The van der Waals surface area contributed by atoms with Crippen LogP contribution in [0.3, 0.4) is 0 Å². The van der Waals surface area contributed by atoms with E-state index in [1.54, 1.807) is 0 Å². The summed E-state index contributed by atoms with van der Waals surface area (Å²) in [7, 11) is 0. The van der Waals surface area contributed by atoms with Crippen molar-refractivity contribution in [1.29, 1.82) is 0 Å². The molecule has 24 heavy (non-hydrogen) atoms. The average molecular weight is 323 g/mol. The molecule has 0 bridgehead atoms. The fourth-order valence-corrected chi connectivity index (χ4v) is 2.85. The number of para-hydroxylation sites is 1. The molecule has 3 aromatic rings. The first-order chi connectivity index (χ1) is 11.6. The number of aryl methyl sites for hydroxylation is 2. The lowest BCUT2D eigenvalue weighted by atomic mass is 10.1. The van der Waals surface area contributed by atoms with Crippen LogP contribution in [0.5, 0.6) is 0 Å². The van der Waals surface area contributed by atoms with E-state index in [0.29, 0.717) is 18.7 Å². The monoisotopic (exact) mass is 323 g/mol. The minimum atomic E-state index is -0.592. The van der Waals surface area contributed by atoms with Gasteiger partial charge in [-0.1, -0.05) is 48.5 Å². The zero-order chi connectivity index (χ0) is 17.1. The zero-order valence-corrected chi connectivity index (χ0v) is 13.9. The van der Waals surface area contributed by atoms with Gasteiger partial charge in [0, 0.05) is 17.5 Å². The van der Waals surface area contributed by atoms with Gasteiger partial charge < -0.3 is 14.8 Å². The van der Waals surface area contributed by atoms with E-state index in [4.69, 9.17) is 4.42 Å². The number of hydrogen-bond donors (Lipinski definition) is 2. The van der Waals surface area contributed by atoms with E-state index in [1.165, 1.54) is 0 Å². The predicted molar refractivity (Wildman–Crippen MR) is 94.0 cm³/mol. The first kappa shape index (κ1) is 16.3. The number of aliphatic hydroxyl groups is 1. The first-order valence-electron chi connectivity index (χ1n) is 8.08. The lowest BCUT2D eigenvalue weighted by Crippen LogP contribution is -2.25. The van der Waals surface area contributed by atoms with E-state index in [0.717, 1.165) is 27.7 Å². The highest BCUT2D eigenvalue weighted by molar-refractivity contribution is 5.99. The normalized spacial score (nSPS) is 12.3. The predicted octanol–water partition coefficient (Wildman–Crippen LogP) is 3.90. The van der Waals surface area contributed by atoms with E-state index in [-0.39, 0.29) is 5.91 Å². The van der Waals surface area contributed by atoms with Crippen LogP contribution in [0.15, 0.2) is 52.9 Å². The van der Waals surface area contributed by atoms with Crippen molar-refractivity contribution in [3.05, 3.63) is 71.0 Å². The van der Waals surface area contributed by atoms with Gasteiger partial charge in [0.05, 0.1) is 6.10 Å².